The van der Waals surface area contributed by atoms with Gasteiger partial charge in [-0.05, 0) is 11.4 Å². The third-order valence-electron chi connectivity index (χ3n) is 1.39. The molecule has 2 N–H and O–H groups in total. The quantitative estimate of drug-likeness (QED) is 0.757. The number of hydrogen-bond donors (Lipinski definition) is 2. The highest BCUT2D eigenvalue weighted by molar-refractivity contribution is 8.02. The molecule has 0 saturated heterocycles. The molecule has 0 aliphatic carbocycles. The summed E-state index contributed by atoms with van der Waals surface area (Å²) < 4.78 is 0.818. The lowest BCUT2D eigenvalue weighted by Gasteiger charge is -2.06. The fourth-order valence-corrected chi connectivity index (χ4v) is 2.76. The highest BCUT2D eigenvalue weighted by Gasteiger charge is 2.22. The van der Waals surface area contributed by atoms with Crippen molar-refractivity contribution >= 4 is 35.0 Å². The molecule has 14 heavy (non-hydrogen) atoms. The molecule has 0 aliphatic heterocycles. The van der Waals surface area contributed by atoms with Crippen molar-refractivity contribution < 1.29 is 19.8 Å². The highest BCUT2D eigenvalue weighted by atomic mass is 32.2. The zero-order valence-corrected chi connectivity index (χ0v) is 8.68. The van der Waals surface area contributed by atoms with Crippen molar-refractivity contribution in [2.24, 2.45) is 0 Å². The van der Waals surface area contributed by atoms with Crippen molar-refractivity contribution in [3.05, 3.63) is 17.5 Å². The van der Waals surface area contributed by atoms with Crippen LogP contribution in [-0.4, -0.2) is 27.4 Å². The van der Waals surface area contributed by atoms with Crippen molar-refractivity contribution in [3.63, 3.8) is 0 Å². The second-order valence-corrected chi connectivity index (χ2v) is 4.93. The van der Waals surface area contributed by atoms with Crippen LogP contribution in [0.15, 0.2) is 21.7 Å². The minimum atomic E-state index is -1.10. The normalized spacial score (nSPS) is 12.3. The molecule has 6 heteroatoms. The van der Waals surface area contributed by atoms with Crippen LogP contribution in [0.2, 0.25) is 0 Å². The number of carbonyl (C=O) groups is 2. The van der Waals surface area contributed by atoms with Gasteiger partial charge < -0.3 is 10.2 Å². The smallest absolute Gasteiger partial charge is 0.317 e. The summed E-state index contributed by atoms with van der Waals surface area (Å²) in [5, 5.41) is 18.1. The van der Waals surface area contributed by atoms with Crippen molar-refractivity contribution in [1.29, 1.82) is 0 Å². The maximum absolute atomic E-state index is 10.7. The Morgan fingerprint density at radius 1 is 1.50 bits per heavy atom. The summed E-state index contributed by atoms with van der Waals surface area (Å²) in [6.45, 7) is 0. The van der Waals surface area contributed by atoms with Crippen LogP contribution in [0.25, 0.3) is 0 Å². The highest BCUT2D eigenvalue weighted by Crippen LogP contribution is 2.29. The average Bonchev–Trinajstić information content (AvgIpc) is 2.54. The standard InChI is InChI=1S/C8H8O4S2/c9-6(10)4-5(8(11)12)14-7-2-1-3-13-7/h1-3,5H,4H2,(H,9,10)(H,11,12)/t5-/m1/s1. The zero-order chi connectivity index (χ0) is 10.6. The van der Waals surface area contributed by atoms with E-state index in [1.165, 1.54) is 11.3 Å². The van der Waals surface area contributed by atoms with Crippen LogP contribution in [0.1, 0.15) is 6.42 Å². The molecule has 76 valence electrons. The number of aliphatic carboxylic acids is 2. The van der Waals surface area contributed by atoms with E-state index in [2.05, 4.69) is 0 Å². The van der Waals surface area contributed by atoms with Crippen LogP contribution in [-0.2, 0) is 9.59 Å². The molecule has 1 aromatic heterocycles. The van der Waals surface area contributed by atoms with Crippen LogP contribution in [0.5, 0.6) is 0 Å². The van der Waals surface area contributed by atoms with E-state index in [-0.39, 0.29) is 6.42 Å². The molecule has 0 fully saturated rings. The molecule has 1 rings (SSSR count). The third-order valence-corrected chi connectivity index (χ3v) is 3.65. The maximum Gasteiger partial charge on any atom is 0.317 e. The summed E-state index contributed by atoms with van der Waals surface area (Å²) in [5.74, 6) is -2.19. The van der Waals surface area contributed by atoms with Gasteiger partial charge in [-0.25, -0.2) is 0 Å². The minimum absolute atomic E-state index is 0.363. The predicted molar refractivity (Wildman–Crippen MR) is 53.9 cm³/mol. The Bertz CT molecular complexity index is 320. The van der Waals surface area contributed by atoms with Gasteiger partial charge in [0.1, 0.15) is 5.25 Å². The monoisotopic (exact) mass is 232 g/mol. The Kier molecular flexibility index (Phi) is 3.97. The number of rotatable bonds is 5. The average molecular weight is 232 g/mol. The second kappa shape index (κ2) is 5.02. The first-order chi connectivity index (χ1) is 6.59. The molecule has 0 unspecified atom stereocenters. The van der Waals surface area contributed by atoms with E-state index in [4.69, 9.17) is 10.2 Å². The van der Waals surface area contributed by atoms with E-state index in [0.29, 0.717) is 0 Å². The van der Waals surface area contributed by atoms with Gasteiger partial charge in [-0.3, -0.25) is 9.59 Å². The molecule has 0 aliphatic rings. The third kappa shape index (κ3) is 3.39. The van der Waals surface area contributed by atoms with Crippen LogP contribution >= 0.6 is 23.1 Å². The summed E-state index contributed by atoms with van der Waals surface area (Å²) in [4.78, 5) is 21.1. The van der Waals surface area contributed by atoms with Crippen molar-refractivity contribution in [2.45, 2.75) is 15.9 Å². The molecule has 1 atom stereocenters. The number of thiophene rings is 1. The van der Waals surface area contributed by atoms with Crippen LogP contribution < -0.4 is 0 Å². The number of carboxylic acids is 2. The summed E-state index contributed by atoms with van der Waals surface area (Å²) in [6, 6.07) is 3.57. The molecule has 0 saturated carbocycles. The SMILES string of the molecule is O=C(O)C[C@@H](Sc1cccs1)C(=O)O. The van der Waals surface area contributed by atoms with E-state index in [0.717, 1.165) is 16.0 Å². The number of carboxylic acid groups (broad SMARTS) is 2. The van der Waals surface area contributed by atoms with E-state index < -0.39 is 17.2 Å². The van der Waals surface area contributed by atoms with E-state index in [9.17, 15) is 9.59 Å². The Labute approximate surface area is 88.6 Å². The summed E-state index contributed by atoms with van der Waals surface area (Å²) in [6.07, 6.45) is -0.363. The van der Waals surface area contributed by atoms with Gasteiger partial charge in [0.15, 0.2) is 0 Å². The van der Waals surface area contributed by atoms with Crippen LogP contribution in [0, 0.1) is 0 Å². The summed E-state index contributed by atoms with van der Waals surface area (Å²) in [7, 11) is 0. The van der Waals surface area contributed by atoms with Gasteiger partial charge in [0.05, 0.1) is 10.6 Å². The molecule has 0 aromatic carbocycles. The van der Waals surface area contributed by atoms with E-state index >= 15 is 0 Å². The van der Waals surface area contributed by atoms with Gasteiger partial charge >= 0.3 is 11.9 Å². The summed E-state index contributed by atoms with van der Waals surface area (Å²) in [5.41, 5.74) is 0. The van der Waals surface area contributed by atoms with Gasteiger partial charge in [0.25, 0.3) is 0 Å². The molecule has 0 radical (unpaired) electrons. The fourth-order valence-electron chi connectivity index (χ4n) is 0.809. The first-order valence-corrected chi connectivity index (χ1v) is 5.50. The molecular formula is C8H8O4S2. The Balaban J connectivity index is 2.60. The molecule has 4 nitrogen and oxygen atoms in total. The van der Waals surface area contributed by atoms with Gasteiger partial charge in [-0.15, -0.1) is 11.3 Å². The van der Waals surface area contributed by atoms with Crippen molar-refractivity contribution in [1.82, 2.24) is 0 Å². The Morgan fingerprint density at radius 3 is 2.64 bits per heavy atom. The largest absolute Gasteiger partial charge is 0.481 e. The molecule has 0 spiro atoms. The van der Waals surface area contributed by atoms with Gasteiger partial charge in [-0.1, -0.05) is 17.8 Å². The lowest BCUT2D eigenvalue weighted by atomic mass is 10.3. The summed E-state index contributed by atoms with van der Waals surface area (Å²) >= 11 is 2.47. The Morgan fingerprint density at radius 2 is 2.21 bits per heavy atom. The molecule has 0 bridgehead atoms. The maximum atomic E-state index is 10.7. The van der Waals surface area contributed by atoms with Gasteiger partial charge in [-0.2, -0.15) is 0 Å². The minimum Gasteiger partial charge on any atom is -0.481 e. The van der Waals surface area contributed by atoms with Crippen LogP contribution in [0.4, 0.5) is 0 Å². The molecule has 1 heterocycles. The fraction of sp³-hybridized carbons (Fsp3) is 0.250. The topological polar surface area (TPSA) is 74.6 Å². The molecular weight excluding hydrogens is 224 g/mol. The van der Waals surface area contributed by atoms with E-state index in [1.54, 1.807) is 12.1 Å². The van der Waals surface area contributed by atoms with E-state index in [1.807, 2.05) is 5.38 Å². The number of thioether (sulfide) groups is 1. The lowest BCUT2D eigenvalue weighted by Crippen LogP contribution is -2.19. The van der Waals surface area contributed by atoms with Crippen molar-refractivity contribution in [3.8, 4) is 0 Å². The first kappa shape index (κ1) is 11.1. The van der Waals surface area contributed by atoms with Gasteiger partial charge in [0.2, 0.25) is 0 Å². The predicted octanol–water partition coefficient (Wildman–Crippen LogP) is 1.77. The zero-order valence-electron chi connectivity index (χ0n) is 7.04. The number of hydrogen-bond acceptors (Lipinski definition) is 4. The van der Waals surface area contributed by atoms with Gasteiger partial charge in [0, 0.05) is 0 Å². The van der Waals surface area contributed by atoms with Crippen LogP contribution in [0.3, 0.4) is 0 Å². The second-order valence-electron chi connectivity index (χ2n) is 2.47. The Hall–Kier alpha value is -1.01. The molecule has 1 aromatic rings. The van der Waals surface area contributed by atoms with Crippen molar-refractivity contribution in [2.75, 3.05) is 0 Å². The molecule has 0 amide bonds. The first-order valence-electron chi connectivity index (χ1n) is 3.74. The lowest BCUT2D eigenvalue weighted by molar-refractivity contribution is -0.142.